The van der Waals surface area contributed by atoms with E-state index in [1.54, 1.807) is 14.2 Å². The summed E-state index contributed by atoms with van der Waals surface area (Å²) in [6, 6.07) is 4.16. The molecule has 0 radical (unpaired) electrons. The summed E-state index contributed by atoms with van der Waals surface area (Å²) < 4.78 is 13.0. The third kappa shape index (κ3) is 1.49. The molecule has 0 aliphatic carbocycles. The molecule has 0 amide bonds. The molecule has 4 heteroatoms. The number of methoxy groups -OCH3 is 2. The van der Waals surface area contributed by atoms with E-state index < -0.39 is 0 Å². The third-order valence-electron chi connectivity index (χ3n) is 3.79. The number of hydrogen-bond acceptors (Lipinski definition) is 3. The highest BCUT2D eigenvalue weighted by Crippen LogP contribution is 2.36. The molecule has 1 aliphatic heterocycles. The van der Waals surface area contributed by atoms with E-state index in [2.05, 4.69) is 29.1 Å². The quantitative estimate of drug-likeness (QED) is 0.878. The third-order valence-corrected chi connectivity index (χ3v) is 3.79. The van der Waals surface area contributed by atoms with E-state index >= 15 is 0 Å². The van der Waals surface area contributed by atoms with Crippen molar-refractivity contribution >= 4 is 10.9 Å². The van der Waals surface area contributed by atoms with Gasteiger partial charge in [-0.1, -0.05) is 0 Å². The summed E-state index contributed by atoms with van der Waals surface area (Å²) in [5.74, 6) is 1.59. The largest absolute Gasteiger partial charge is 0.493 e. The predicted octanol–water partition coefficient (Wildman–Crippen LogP) is 1.84. The minimum Gasteiger partial charge on any atom is -0.493 e. The average Bonchev–Trinajstić information content (AvgIpc) is 2.71. The van der Waals surface area contributed by atoms with Crippen LogP contribution in [0.4, 0.5) is 0 Å². The minimum atomic E-state index is 0.788. The first-order valence-corrected chi connectivity index (χ1v) is 6.19. The highest BCUT2D eigenvalue weighted by Gasteiger charge is 2.20. The Hall–Kier alpha value is -1.68. The SMILES string of the molecule is COc1cc2c3c(n(C)c2cc1OC)CNCC3. The van der Waals surface area contributed by atoms with Crippen LogP contribution >= 0.6 is 0 Å². The van der Waals surface area contributed by atoms with Crippen molar-refractivity contribution in [2.45, 2.75) is 13.0 Å². The fourth-order valence-corrected chi connectivity index (χ4v) is 2.82. The molecule has 2 aromatic rings. The zero-order valence-electron chi connectivity index (χ0n) is 11.0. The van der Waals surface area contributed by atoms with Crippen LogP contribution in [-0.4, -0.2) is 25.3 Å². The van der Waals surface area contributed by atoms with Crippen LogP contribution in [0.15, 0.2) is 12.1 Å². The van der Waals surface area contributed by atoms with Crippen LogP contribution in [0.25, 0.3) is 10.9 Å². The van der Waals surface area contributed by atoms with Crippen molar-refractivity contribution in [3.05, 3.63) is 23.4 Å². The summed E-state index contributed by atoms with van der Waals surface area (Å²) in [5, 5.41) is 4.70. The summed E-state index contributed by atoms with van der Waals surface area (Å²) in [6.45, 7) is 1.98. The van der Waals surface area contributed by atoms with Gasteiger partial charge in [0.1, 0.15) is 0 Å². The minimum absolute atomic E-state index is 0.788. The van der Waals surface area contributed by atoms with E-state index in [-0.39, 0.29) is 0 Å². The lowest BCUT2D eigenvalue weighted by Gasteiger charge is -2.14. The van der Waals surface area contributed by atoms with Crippen LogP contribution in [0.5, 0.6) is 11.5 Å². The molecule has 0 saturated heterocycles. The van der Waals surface area contributed by atoms with Crippen molar-refractivity contribution in [1.82, 2.24) is 9.88 Å². The highest BCUT2D eigenvalue weighted by atomic mass is 16.5. The fourth-order valence-electron chi connectivity index (χ4n) is 2.82. The Balaban J connectivity index is 2.32. The Kier molecular flexibility index (Phi) is 2.67. The van der Waals surface area contributed by atoms with Gasteiger partial charge in [-0.05, 0) is 24.6 Å². The second-order valence-electron chi connectivity index (χ2n) is 4.64. The first kappa shape index (κ1) is 11.4. The summed E-state index contributed by atoms with van der Waals surface area (Å²) in [5.41, 5.74) is 4.01. The van der Waals surface area contributed by atoms with Gasteiger partial charge in [0.15, 0.2) is 11.5 Å². The van der Waals surface area contributed by atoms with E-state index in [4.69, 9.17) is 9.47 Å². The number of fused-ring (bicyclic) bond motifs is 3. The number of benzene rings is 1. The number of aromatic nitrogens is 1. The Bertz CT molecular complexity index is 602. The van der Waals surface area contributed by atoms with Crippen LogP contribution < -0.4 is 14.8 Å². The van der Waals surface area contributed by atoms with Crippen LogP contribution in [0, 0.1) is 0 Å². The van der Waals surface area contributed by atoms with Crippen molar-refractivity contribution in [1.29, 1.82) is 0 Å². The van der Waals surface area contributed by atoms with Gasteiger partial charge in [-0.2, -0.15) is 0 Å². The van der Waals surface area contributed by atoms with Gasteiger partial charge in [-0.25, -0.2) is 0 Å². The molecule has 1 aromatic heterocycles. The number of rotatable bonds is 2. The molecular weight excluding hydrogens is 228 g/mol. The van der Waals surface area contributed by atoms with Gasteiger partial charge in [0.05, 0.1) is 19.7 Å². The number of ether oxygens (including phenoxy) is 2. The Morgan fingerprint density at radius 1 is 1.17 bits per heavy atom. The van der Waals surface area contributed by atoms with Crippen LogP contribution in [-0.2, 0) is 20.0 Å². The summed E-state index contributed by atoms with van der Waals surface area (Å²) in [7, 11) is 5.47. The number of aryl methyl sites for hydroxylation is 1. The summed E-state index contributed by atoms with van der Waals surface area (Å²) >= 11 is 0. The molecule has 0 unspecified atom stereocenters. The van der Waals surface area contributed by atoms with Crippen LogP contribution in [0.3, 0.4) is 0 Å². The molecule has 18 heavy (non-hydrogen) atoms. The van der Waals surface area contributed by atoms with Gasteiger partial charge in [0.2, 0.25) is 0 Å². The lowest BCUT2D eigenvalue weighted by atomic mass is 10.0. The van der Waals surface area contributed by atoms with Gasteiger partial charge < -0.3 is 19.4 Å². The van der Waals surface area contributed by atoms with E-state index in [1.165, 1.54) is 22.2 Å². The zero-order chi connectivity index (χ0) is 12.7. The monoisotopic (exact) mass is 246 g/mol. The fraction of sp³-hybridized carbons (Fsp3) is 0.429. The lowest BCUT2D eigenvalue weighted by Crippen LogP contribution is -2.24. The van der Waals surface area contributed by atoms with Gasteiger partial charge in [0.25, 0.3) is 0 Å². The highest BCUT2D eigenvalue weighted by molar-refractivity contribution is 5.89. The Morgan fingerprint density at radius 3 is 2.61 bits per heavy atom. The molecule has 3 rings (SSSR count). The number of nitrogens with zero attached hydrogens (tertiary/aromatic N) is 1. The maximum Gasteiger partial charge on any atom is 0.162 e. The molecule has 0 spiro atoms. The van der Waals surface area contributed by atoms with Gasteiger partial charge in [0, 0.05) is 30.7 Å². The lowest BCUT2D eigenvalue weighted by molar-refractivity contribution is 0.355. The molecular formula is C14H18N2O2. The Morgan fingerprint density at radius 2 is 1.89 bits per heavy atom. The second kappa shape index (κ2) is 4.21. The molecule has 0 fully saturated rings. The maximum absolute atomic E-state index is 5.39. The zero-order valence-corrected chi connectivity index (χ0v) is 11.0. The number of hydrogen-bond donors (Lipinski definition) is 1. The smallest absolute Gasteiger partial charge is 0.162 e. The molecule has 0 bridgehead atoms. The molecule has 1 aromatic carbocycles. The molecule has 0 atom stereocenters. The first-order chi connectivity index (χ1) is 8.76. The number of nitrogens with one attached hydrogen (secondary N) is 1. The van der Waals surface area contributed by atoms with E-state index in [0.29, 0.717) is 0 Å². The van der Waals surface area contributed by atoms with E-state index in [1.807, 2.05) is 0 Å². The van der Waals surface area contributed by atoms with Crippen molar-refractivity contribution in [2.75, 3.05) is 20.8 Å². The maximum atomic E-state index is 5.39. The second-order valence-corrected chi connectivity index (χ2v) is 4.64. The van der Waals surface area contributed by atoms with Gasteiger partial charge >= 0.3 is 0 Å². The van der Waals surface area contributed by atoms with Crippen molar-refractivity contribution in [2.24, 2.45) is 7.05 Å². The normalized spacial score (nSPS) is 14.6. The molecule has 1 N–H and O–H groups in total. The molecule has 4 nitrogen and oxygen atoms in total. The molecule has 1 aliphatic rings. The van der Waals surface area contributed by atoms with Crippen LogP contribution in [0.2, 0.25) is 0 Å². The molecule has 96 valence electrons. The summed E-state index contributed by atoms with van der Waals surface area (Å²) in [4.78, 5) is 0. The van der Waals surface area contributed by atoms with Crippen molar-refractivity contribution in [3.63, 3.8) is 0 Å². The van der Waals surface area contributed by atoms with Crippen LogP contribution in [0.1, 0.15) is 11.3 Å². The topological polar surface area (TPSA) is 35.4 Å². The van der Waals surface area contributed by atoms with Crippen molar-refractivity contribution < 1.29 is 9.47 Å². The van der Waals surface area contributed by atoms with Gasteiger partial charge in [-0.15, -0.1) is 0 Å². The molecule has 2 heterocycles. The first-order valence-electron chi connectivity index (χ1n) is 6.19. The molecule has 0 saturated carbocycles. The van der Waals surface area contributed by atoms with Gasteiger partial charge in [-0.3, -0.25) is 0 Å². The van der Waals surface area contributed by atoms with E-state index in [9.17, 15) is 0 Å². The standard InChI is InChI=1S/C14H18N2O2/c1-16-11-7-14(18-3)13(17-2)6-10(11)9-4-5-15-8-12(9)16/h6-7,15H,4-5,8H2,1-3H3. The van der Waals surface area contributed by atoms with E-state index in [0.717, 1.165) is 31.0 Å². The predicted molar refractivity (Wildman–Crippen MR) is 71.4 cm³/mol. The Labute approximate surface area is 106 Å². The summed E-state index contributed by atoms with van der Waals surface area (Å²) in [6.07, 6.45) is 1.07. The average molecular weight is 246 g/mol. The van der Waals surface area contributed by atoms with Crippen molar-refractivity contribution in [3.8, 4) is 11.5 Å².